The lowest BCUT2D eigenvalue weighted by atomic mass is 10.1. The fourth-order valence-electron chi connectivity index (χ4n) is 2.05. The zero-order valence-corrected chi connectivity index (χ0v) is 13.6. The highest BCUT2D eigenvalue weighted by Gasteiger charge is 2.13. The second-order valence-corrected chi connectivity index (χ2v) is 6.38. The lowest BCUT2D eigenvalue weighted by Gasteiger charge is -2.29. The van der Waals surface area contributed by atoms with E-state index in [9.17, 15) is 0 Å². The maximum atomic E-state index is 5.55. The largest absolute Gasteiger partial charge is 0.349 e. The van der Waals surface area contributed by atoms with Gasteiger partial charge in [0.15, 0.2) is 5.11 Å². The van der Waals surface area contributed by atoms with Gasteiger partial charge in [-0.1, -0.05) is 39.8 Å². The summed E-state index contributed by atoms with van der Waals surface area (Å²) in [7, 11) is 0. The summed E-state index contributed by atoms with van der Waals surface area (Å²) in [5.41, 5.74) is 2.31. The predicted molar refractivity (Wildman–Crippen MR) is 88.6 cm³/mol. The van der Waals surface area contributed by atoms with E-state index >= 15 is 0 Å². The average molecular weight is 278 g/mol. The van der Waals surface area contributed by atoms with Crippen LogP contribution >= 0.6 is 12.2 Å². The van der Waals surface area contributed by atoms with Gasteiger partial charge in [0.2, 0.25) is 0 Å². The molecule has 0 amide bonds. The van der Waals surface area contributed by atoms with Crippen molar-refractivity contribution >= 4 is 23.0 Å². The quantitative estimate of drug-likeness (QED) is 0.808. The Labute approximate surface area is 123 Å². The highest BCUT2D eigenvalue weighted by atomic mass is 32.1. The molecule has 2 nitrogen and oxygen atoms in total. The molecular formula is C16H26N2S. The summed E-state index contributed by atoms with van der Waals surface area (Å²) < 4.78 is 0. The molecule has 3 heteroatoms. The van der Waals surface area contributed by atoms with Crippen LogP contribution in [0.5, 0.6) is 0 Å². The van der Waals surface area contributed by atoms with Crippen molar-refractivity contribution in [3.8, 4) is 0 Å². The van der Waals surface area contributed by atoms with Gasteiger partial charge in [-0.25, -0.2) is 0 Å². The van der Waals surface area contributed by atoms with Gasteiger partial charge in [0, 0.05) is 18.8 Å². The maximum Gasteiger partial charge on any atom is 0.173 e. The zero-order chi connectivity index (χ0) is 14.4. The Morgan fingerprint density at radius 1 is 1.16 bits per heavy atom. The Bertz CT molecular complexity index is 403. The summed E-state index contributed by atoms with van der Waals surface area (Å²) in [5.74, 6) is 1.21. The molecule has 0 spiro atoms. The first-order valence-corrected chi connectivity index (χ1v) is 7.42. The van der Waals surface area contributed by atoms with Gasteiger partial charge in [-0.3, -0.25) is 0 Å². The fraction of sp³-hybridized carbons (Fsp3) is 0.562. The summed E-state index contributed by atoms with van der Waals surface area (Å²) in [6.07, 6.45) is 0. The lowest BCUT2D eigenvalue weighted by molar-refractivity contribution is 0.332. The van der Waals surface area contributed by atoms with Crippen molar-refractivity contribution in [2.45, 2.75) is 34.6 Å². The molecule has 1 aromatic rings. The van der Waals surface area contributed by atoms with E-state index in [4.69, 9.17) is 12.2 Å². The van der Waals surface area contributed by atoms with Gasteiger partial charge in [0.25, 0.3) is 0 Å². The lowest BCUT2D eigenvalue weighted by Crippen LogP contribution is -2.39. The first-order valence-electron chi connectivity index (χ1n) is 7.01. The number of aryl methyl sites for hydroxylation is 1. The second kappa shape index (κ2) is 7.49. The minimum Gasteiger partial charge on any atom is -0.349 e. The fourth-order valence-corrected chi connectivity index (χ4v) is 2.31. The normalized spacial score (nSPS) is 10.9. The predicted octanol–water partition coefficient (Wildman–Crippen LogP) is 4.31. The molecule has 19 heavy (non-hydrogen) atoms. The molecule has 0 aliphatic rings. The van der Waals surface area contributed by atoms with Gasteiger partial charge >= 0.3 is 0 Å². The van der Waals surface area contributed by atoms with Crippen LogP contribution in [0.25, 0.3) is 0 Å². The van der Waals surface area contributed by atoms with E-state index in [2.05, 4.69) is 69.1 Å². The maximum absolute atomic E-state index is 5.55. The Morgan fingerprint density at radius 2 is 1.74 bits per heavy atom. The van der Waals surface area contributed by atoms with Crippen LogP contribution in [0.3, 0.4) is 0 Å². The van der Waals surface area contributed by atoms with Gasteiger partial charge in [0.1, 0.15) is 0 Å². The van der Waals surface area contributed by atoms with Crippen LogP contribution in [-0.2, 0) is 0 Å². The van der Waals surface area contributed by atoms with E-state index in [0.29, 0.717) is 11.8 Å². The van der Waals surface area contributed by atoms with Crippen LogP contribution in [0.1, 0.15) is 33.3 Å². The molecule has 1 N–H and O–H groups in total. The SMILES string of the molecule is Cc1cccc(NC(=S)N(CC(C)C)CC(C)C)c1. The van der Waals surface area contributed by atoms with E-state index in [1.807, 2.05) is 0 Å². The Morgan fingerprint density at radius 3 is 2.21 bits per heavy atom. The van der Waals surface area contributed by atoms with Crippen LogP contribution in [0.15, 0.2) is 24.3 Å². The number of rotatable bonds is 5. The molecule has 0 aromatic heterocycles. The van der Waals surface area contributed by atoms with Crippen molar-refractivity contribution in [2.24, 2.45) is 11.8 Å². The first kappa shape index (κ1) is 16.0. The van der Waals surface area contributed by atoms with Gasteiger partial charge in [-0.15, -0.1) is 0 Å². The minimum absolute atomic E-state index is 0.607. The molecule has 1 rings (SSSR count). The van der Waals surface area contributed by atoms with Gasteiger partial charge in [0.05, 0.1) is 0 Å². The van der Waals surface area contributed by atoms with E-state index in [1.165, 1.54) is 5.56 Å². The highest BCUT2D eigenvalue weighted by molar-refractivity contribution is 7.80. The Balaban J connectivity index is 2.70. The van der Waals surface area contributed by atoms with Crippen molar-refractivity contribution in [1.82, 2.24) is 4.90 Å². The van der Waals surface area contributed by atoms with Crippen molar-refractivity contribution in [3.63, 3.8) is 0 Å². The molecule has 0 heterocycles. The van der Waals surface area contributed by atoms with Gasteiger partial charge in [-0.2, -0.15) is 0 Å². The molecule has 0 saturated heterocycles. The second-order valence-electron chi connectivity index (χ2n) is 5.99. The number of anilines is 1. The monoisotopic (exact) mass is 278 g/mol. The number of thiocarbonyl (C=S) groups is 1. The number of nitrogens with one attached hydrogen (secondary N) is 1. The standard InChI is InChI=1S/C16H26N2S/c1-12(2)10-18(11-13(3)4)16(19)17-15-8-6-7-14(5)9-15/h6-9,12-13H,10-11H2,1-5H3,(H,17,19). The van der Waals surface area contributed by atoms with E-state index < -0.39 is 0 Å². The number of nitrogens with zero attached hydrogens (tertiary/aromatic N) is 1. The molecular weight excluding hydrogens is 252 g/mol. The van der Waals surface area contributed by atoms with Crippen molar-refractivity contribution in [1.29, 1.82) is 0 Å². The summed E-state index contributed by atoms with van der Waals surface area (Å²) >= 11 is 5.55. The van der Waals surface area contributed by atoms with Gasteiger partial charge in [-0.05, 0) is 48.7 Å². The minimum atomic E-state index is 0.607. The Kier molecular flexibility index (Phi) is 6.29. The summed E-state index contributed by atoms with van der Waals surface area (Å²) in [6.45, 7) is 13.0. The van der Waals surface area contributed by atoms with Crippen LogP contribution in [0.4, 0.5) is 5.69 Å². The molecule has 0 unspecified atom stereocenters. The number of hydrogen-bond acceptors (Lipinski definition) is 1. The third-order valence-electron chi connectivity index (χ3n) is 2.73. The molecule has 0 radical (unpaired) electrons. The van der Waals surface area contributed by atoms with Gasteiger partial charge < -0.3 is 10.2 Å². The Hall–Kier alpha value is -1.09. The summed E-state index contributed by atoms with van der Waals surface area (Å²) in [6, 6.07) is 8.32. The summed E-state index contributed by atoms with van der Waals surface area (Å²) in [5, 5.41) is 4.18. The summed E-state index contributed by atoms with van der Waals surface area (Å²) in [4.78, 5) is 2.27. The van der Waals surface area contributed by atoms with Crippen molar-refractivity contribution in [3.05, 3.63) is 29.8 Å². The number of hydrogen-bond donors (Lipinski definition) is 1. The van der Waals surface area contributed by atoms with Crippen LogP contribution in [-0.4, -0.2) is 23.1 Å². The molecule has 0 bridgehead atoms. The molecule has 0 atom stereocenters. The molecule has 0 aliphatic heterocycles. The van der Waals surface area contributed by atoms with Crippen molar-refractivity contribution < 1.29 is 0 Å². The van der Waals surface area contributed by atoms with Crippen LogP contribution in [0.2, 0.25) is 0 Å². The topological polar surface area (TPSA) is 15.3 Å². The third-order valence-corrected chi connectivity index (χ3v) is 3.09. The highest BCUT2D eigenvalue weighted by Crippen LogP contribution is 2.12. The third kappa shape index (κ3) is 6.06. The van der Waals surface area contributed by atoms with E-state index in [1.54, 1.807) is 0 Å². The zero-order valence-electron chi connectivity index (χ0n) is 12.7. The first-order chi connectivity index (χ1) is 8.88. The molecule has 0 saturated carbocycles. The molecule has 1 aromatic carbocycles. The van der Waals surface area contributed by atoms with E-state index in [0.717, 1.165) is 23.9 Å². The molecule has 0 fully saturated rings. The van der Waals surface area contributed by atoms with Crippen LogP contribution in [0, 0.1) is 18.8 Å². The molecule has 106 valence electrons. The number of benzene rings is 1. The van der Waals surface area contributed by atoms with Crippen LogP contribution < -0.4 is 5.32 Å². The van der Waals surface area contributed by atoms with E-state index in [-0.39, 0.29) is 0 Å². The average Bonchev–Trinajstić information content (AvgIpc) is 2.26. The van der Waals surface area contributed by atoms with Crippen molar-refractivity contribution in [2.75, 3.05) is 18.4 Å². The smallest absolute Gasteiger partial charge is 0.173 e. The molecule has 0 aliphatic carbocycles.